The Bertz CT molecular complexity index is 398. The zero-order valence-electron chi connectivity index (χ0n) is 12.6. The van der Waals surface area contributed by atoms with Crippen molar-refractivity contribution in [1.82, 2.24) is 5.32 Å². The van der Waals surface area contributed by atoms with Gasteiger partial charge in [-0.25, -0.2) is 9.59 Å². The molecule has 0 aromatic rings. The van der Waals surface area contributed by atoms with Crippen LogP contribution in [0, 0.1) is 0 Å². The quantitative estimate of drug-likeness (QED) is 0.766. The molecule has 1 unspecified atom stereocenters. The van der Waals surface area contributed by atoms with E-state index in [1.54, 1.807) is 33.8 Å². The van der Waals surface area contributed by atoms with Crippen LogP contribution >= 0.6 is 0 Å². The summed E-state index contributed by atoms with van der Waals surface area (Å²) >= 11 is 0. The average Bonchev–Trinajstić information content (AvgIpc) is 2.29. The van der Waals surface area contributed by atoms with Gasteiger partial charge in [-0.15, -0.1) is 0 Å². The number of ether oxygens (including phenoxy) is 2. The normalized spacial score (nSPS) is 22.8. The number of hydrogen-bond acceptors (Lipinski definition) is 5. The summed E-state index contributed by atoms with van der Waals surface area (Å²) in [6.45, 7) is 7.45. The van der Waals surface area contributed by atoms with Gasteiger partial charge in [0.15, 0.2) is 0 Å². The van der Waals surface area contributed by atoms with E-state index >= 15 is 0 Å². The molecule has 0 fully saturated rings. The van der Waals surface area contributed by atoms with Gasteiger partial charge in [0.25, 0.3) is 0 Å². The Morgan fingerprint density at radius 3 is 2.65 bits per heavy atom. The number of carbonyl (C=O) groups is 2. The first kappa shape index (κ1) is 16.5. The maximum Gasteiger partial charge on any atom is 0.407 e. The molecule has 114 valence electrons. The highest BCUT2D eigenvalue weighted by Crippen LogP contribution is 2.19. The Morgan fingerprint density at radius 2 is 2.10 bits per heavy atom. The van der Waals surface area contributed by atoms with E-state index in [0.29, 0.717) is 25.0 Å². The Balaban J connectivity index is 2.60. The minimum atomic E-state index is -0.567. The monoisotopic (exact) mass is 284 g/mol. The minimum Gasteiger partial charge on any atom is -0.463 e. The Labute approximate surface area is 119 Å². The summed E-state index contributed by atoms with van der Waals surface area (Å²) in [6.07, 6.45) is 2.13. The first-order valence-corrected chi connectivity index (χ1v) is 6.84. The van der Waals surface area contributed by atoms with Crippen LogP contribution in [0.1, 0.15) is 40.5 Å². The molecule has 0 saturated carbocycles. The molecule has 0 bridgehead atoms. The summed E-state index contributed by atoms with van der Waals surface area (Å²) in [4.78, 5) is 23.4. The first-order chi connectivity index (χ1) is 9.23. The lowest BCUT2D eigenvalue weighted by Crippen LogP contribution is -2.50. The number of esters is 1. The molecular weight excluding hydrogens is 260 g/mol. The van der Waals surface area contributed by atoms with Crippen molar-refractivity contribution in [2.45, 2.75) is 58.2 Å². The van der Waals surface area contributed by atoms with Gasteiger partial charge in [0.05, 0.1) is 12.6 Å². The molecule has 1 rings (SSSR count). The van der Waals surface area contributed by atoms with Gasteiger partial charge in [-0.2, -0.15) is 0 Å². The highest BCUT2D eigenvalue weighted by molar-refractivity contribution is 5.89. The Morgan fingerprint density at radius 1 is 1.45 bits per heavy atom. The third-order valence-electron chi connectivity index (χ3n) is 2.83. The molecule has 20 heavy (non-hydrogen) atoms. The predicted octanol–water partition coefficient (Wildman–Crippen LogP) is 1.49. The third-order valence-corrected chi connectivity index (χ3v) is 2.83. The van der Waals surface area contributed by atoms with Gasteiger partial charge in [-0.05, 0) is 34.1 Å². The number of carbonyl (C=O) groups excluding carboxylic acids is 2. The van der Waals surface area contributed by atoms with Crippen molar-refractivity contribution in [1.29, 1.82) is 0 Å². The number of nitrogens with two attached hydrogens (primary N) is 1. The topological polar surface area (TPSA) is 90.6 Å². The van der Waals surface area contributed by atoms with Gasteiger partial charge in [-0.3, -0.25) is 0 Å². The van der Waals surface area contributed by atoms with Gasteiger partial charge < -0.3 is 20.5 Å². The van der Waals surface area contributed by atoms with E-state index in [1.807, 2.05) is 0 Å². The summed E-state index contributed by atoms with van der Waals surface area (Å²) in [7, 11) is 0. The van der Waals surface area contributed by atoms with Crippen molar-refractivity contribution >= 4 is 12.1 Å². The molecule has 0 aromatic heterocycles. The molecule has 3 N–H and O–H groups in total. The zero-order chi connectivity index (χ0) is 15.3. The Hall–Kier alpha value is -1.56. The second-order valence-electron chi connectivity index (χ2n) is 5.81. The molecule has 1 amide bonds. The smallest absolute Gasteiger partial charge is 0.407 e. The third kappa shape index (κ3) is 5.21. The van der Waals surface area contributed by atoms with Crippen LogP contribution in [0.3, 0.4) is 0 Å². The molecule has 0 spiro atoms. The minimum absolute atomic E-state index is 0.235. The number of hydrogen-bond donors (Lipinski definition) is 2. The van der Waals surface area contributed by atoms with Gasteiger partial charge in [0, 0.05) is 18.0 Å². The number of rotatable bonds is 3. The van der Waals surface area contributed by atoms with Crippen molar-refractivity contribution in [3.63, 3.8) is 0 Å². The van der Waals surface area contributed by atoms with Crippen molar-refractivity contribution in [3.05, 3.63) is 11.6 Å². The SMILES string of the molecule is CCOC(=O)C1=CC[C@H](N)C(NC(=O)OC(C)(C)C)C1. The first-order valence-electron chi connectivity index (χ1n) is 6.84. The standard InChI is InChI=1S/C14H24N2O4/c1-5-19-12(17)9-6-7-10(15)11(8-9)16-13(18)20-14(2,3)4/h6,10-11H,5,7-8,15H2,1-4H3,(H,16,18)/t10-,11?/m0/s1. The molecule has 0 aromatic carbocycles. The van der Waals surface area contributed by atoms with Crippen LogP contribution in [-0.4, -0.2) is 36.4 Å². The van der Waals surface area contributed by atoms with E-state index in [2.05, 4.69) is 5.32 Å². The number of alkyl carbamates (subject to hydrolysis) is 1. The van der Waals surface area contributed by atoms with Crippen LogP contribution < -0.4 is 11.1 Å². The van der Waals surface area contributed by atoms with E-state index in [-0.39, 0.29) is 18.1 Å². The van der Waals surface area contributed by atoms with Crippen molar-refractivity contribution in [2.75, 3.05) is 6.61 Å². The molecule has 6 nitrogen and oxygen atoms in total. The van der Waals surface area contributed by atoms with E-state index in [0.717, 1.165) is 0 Å². The Kier molecular flexibility index (Phi) is 5.56. The van der Waals surface area contributed by atoms with Crippen LogP contribution in [0.2, 0.25) is 0 Å². The van der Waals surface area contributed by atoms with Gasteiger partial charge in [0.1, 0.15) is 5.60 Å². The lowest BCUT2D eigenvalue weighted by atomic mass is 9.91. The number of amides is 1. The summed E-state index contributed by atoms with van der Waals surface area (Å²) in [5, 5.41) is 2.72. The zero-order valence-corrected chi connectivity index (χ0v) is 12.6. The van der Waals surface area contributed by atoms with Gasteiger partial charge in [-0.1, -0.05) is 6.08 Å². The van der Waals surface area contributed by atoms with Gasteiger partial charge >= 0.3 is 12.1 Å². The van der Waals surface area contributed by atoms with Crippen molar-refractivity contribution in [2.24, 2.45) is 5.73 Å². The fourth-order valence-corrected chi connectivity index (χ4v) is 1.92. The summed E-state index contributed by atoms with van der Waals surface area (Å²) < 4.78 is 10.1. The molecule has 0 radical (unpaired) electrons. The molecule has 0 saturated heterocycles. The predicted molar refractivity (Wildman–Crippen MR) is 75.1 cm³/mol. The lowest BCUT2D eigenvalue weighted by Gasteiger charge is -2.30. The van der Waals surface area contributed by atoms with E-state index in [4.69, 9.17) is 15.2 Å². The fraction of sp³-hybridized carbons (Fsp3) is 0.714. The molecule has 0 aliphatic heterocycles. The van der Waals surface area contributed by atoms with E-state index in [9.17, 15) is 9.59 Å². The second kappa shape index (κ2) is 6.74. The van der Waals surface area contributed by atoms with E-state index in [1.165, 1.54) is 0 Å². The summed E-state index contributed by atoms with van der Waals surface area (Å²) in [6, 6.07) is -0.560. The van der Waals surface area contributed by atoms with Crippen LogP contribution in [-0.2, 0) is 14.3 Å². The molecule has 0 heterocycles. The van der Waals surface area contributed by atoms with Crippen molar-refractivity contribution < 1.29 is 19.1 Å². The summed E-state index contributed by atoms with van der Waals surface area (Å²) in [5.41, 5.74) is 5.94. The lowest BCUT2D eigenvalue weighted by molar-refractivity contribution is -0.138. The highest BCUT2D eigenvalue weighted by Gasteiger charge is 2.29. The maximum atomic E-state index is 11.8. The van der Waals surface area contributed by atoms with Crippen LogP contribution in [0.15, 0.2) is 11.6 Å². The van der Waals surface area contributed by atoms with Crippen LogP contribution in [0.4, 0.5) is 4.79 Å². The summed E-state index contributed by atoms with van der Waals surface area (Å²) in [5.74, 6) is -0.351. The largest absolute Gasteiger partial charge is 0.463 e. The molecule has 6 heteroatoms. The highest BCUT2D eigenvalue weighted by atomic mass is 16.6. The van der Waals surface area contributed by atoms with Crippen molar-refractivity contribution in [3.8, 4) is 0 Å². The van der Waals surface area contributed by atoms with E-state index < -0.39 is 11.7 Å². The molecule has 2 atom stereocenters. The second-order valence-corrected chi connectivity index (χ2v) is 5.81. The maximum absolute atomic E-state index is 11.8. The van der Waals surface area contributed by atoms with Crippen LogP contribution in [0.5, 0.6) is 0 Å². The average molecular weight is 284 g/mol. The molecular formula is C14H24N2O4. The van der Waals surface area contributed by atoms with Gasteiger partial charge in [0.2, 0.25) is 0 Å². The number of nitrogens with one attached hydrogen (secondary N) is 1. The molecule has 1 aliphatic rings. The molecule has 1 aliphatic carbocycles. The van der Waals surface area contributed by atoms with Crippen LogP contribution in [0.25, 0.3) is 0 Å². The fourth-order valence-electron chi connectivity index (χ4n) is 1.92.